The zero-order valence-electron chi connectivity index (χ0n) is 12.7. The molecule has 0 amide bonds. The number of carboxylic acid groups (broad SMARTS) is 1. The van der Waals surface area contributed by atoms with Crippen LogP contribution in [0, 0.1) is 22.7 Å². The number of carbonyl (C=O) groups is 2. The van der Waals surface area contributed by atoms with Crippen LogP contribution in [0.3, 0.4) is 0 Å². The third kappa shape index (κ3) is 3.48. The van der Waals surface area contributed by atoms with Crippen molar-refractivity contribution in [1.29, 1.82) is 0 Å². The number of aliphatic carboxylic acids is 1. The molecular weight excluding hydrogens is 244 g/mol. The fourth-order valence-electron chi connectivity index (χ4n) is 3.17. The van der Waals surface area contributed by atoms with Crippen LogP contribution in [0.4, 0.5) is 0 Å². The van der Waals surface area contributed by atoms with E-state index in [0.717, 1.165) is 18.8 Å². The summed E-state index contributed by atoms with van der Waals surface area (Å²) < 4.78 is 4.48. The molecule has 2 fully saturated rings. The number of esters is 1. The molecule has 0 aromatic carbocycles. The monoisotopic (exact) mass is 270 g/mol. The summed E-state index contributed by atoms with van der Waals surface area (Å²) in [5.41, 5.74) is -0.725. The van der Waals surface area contributed by atoms with Crippen molar-refractivity contribution in [2.24, 2.45) is 22.7 Å². The lowest BCUT2D eigenvalue weighted by Crippen LogP contribution is -2.32. The SMILES string of the molecule is CC1(C(=O)O)CC2CCC1C2.COC(=O)C(C)(C)C. The predicted molar refractivity (Wildman–Crippen MR) is 72.7 cm³/mol. The largest absolute Gasteiger partial charge is 0.481 e. The predicted octanol–water partition coefficient (Wildman–Crippen LogP) is 3.10. The Bertz CT molecular complexity index is 356. The Morgan fingerprint density at radius 2 is 1.84 bits per heavy atom. The lowest BCUT2D eigenvalue weighted by Gasteiger charge is -2.28. The summed E-state index contributed by atoms with van der Waals surface area (Å²) in [7, 11) is 1.40. The van der Waals surface area contributed by atoms with E-state index in [4.69, 9.17) is 5.11 Å². The number of hydrogen-bond donors (Lipinski definition) is 1. The fraction of sp³-hybridized carbons (Fsp3) is 0.867. The maximum Gasteiger partial charge on any atom is 0.310 e. The van der Waals surface area contributed by atoms with Crippen molar-refractivity contribution in [3.05, 3.63) is 0 Å². The molecule has 3 unspecified atom stereocenters. The van der Waals surface area contributed by atoms with Gasteiger partial charge in [-0.1, -0.05) is 6.42 Å². The molecule has 2 bridgehead atoms. The van der Waals surface area contributed by atoms with Crippen LogP contribution >= 0.6 is 0 Å². The number of ether oxygens (including phenoxy) is 1. The van der Waals surface area contributed by atoms with Gasteiger partial charge in [-0.25, -0.2) is 0 Å². The zero-order chi connectivity index (χ0) is 14.8. The van der Waals surface area contributed by atoms with Crippen LogP contribution in [-0.2, 0) is 14.3 Å². The van der Waals surface area contributed by atoms with Crippen molar-refractivity contribution in [2.75, 3.05) is 7.11 Å². The molecule has 4 nitrogen and oxygen atoms in total. The second-order valence-corrected chi connectivity index (χ2v) is 7.04. The quantitative estimate of drug-likeness (QED) is 0.744. The lowest BCUT2D eigenvalue weighted by molar-refractivity contribution is -0.151. The number of carboxylic acids is 1. The third-order valence-corrected chi connectivity index (χ3v) is 4.44. The minimum atomic E-state index is -0.579. The van der Waals surface area contributed by atoms with Gasteiger partial charge in [0.15, 0.2) is 0 Å². The Kier molecular flexibility index (Phi) is 4.64. The highest BCUT2D eigenvalue weighted by atomic mass is 16.5. The average molecular weight is 270 g/mol. The summed E-state index contributed by atoms with van der Waals surface area (Å²) in [6, 6.07) is 0. The second-order valence-electron chi connectivity index (χ2n) is 7.04. The summed E-state index contributed by atoms with van der Waals surface area (Å²) in [6.07, 6.45) is 4.51. The Morgan fingerprint density at radius 1 is 1.26 bits per heavy atom. The fourth-order valence-corrected chi connectivity index (χ4v) is 3.17. The van der Waals surface area contributed by atoms with Gasteiger partial charge in [0.05, 0.1) is 17.9 Å². The second kappa shape index (κ2) is 5.51. The number of fused-ring (bicyclic) bond motifs is 2. The summed E-state index contributed by atoms with van der Waals surface area (Å²) in [6.45, 7) is 7.37. The first-order chi connectivity index (χ1) is 8.61. The van der Waals surface area contributed by atoms with E-state index in [1.807, 2.05) is 27.7 Å². The minimum Gasteiger partial charge on any atom is -0.481 e. The van der Waals surface area contributed by atoms with Crippen LogP contribution in [0.15, 0.2) is 0 Å². The highest BCUT2D eigenvalue weighted by Crippen LogP contribution is 2.55. The Labute approximate surface area is 115 Å². The molecule has 0 spiro atoms. The van der Waals surface area contributed by atoms with Gasteiger partial charge in [0, 0.05) is 0 Å². The smallest absolute Gasteiger partial charge is 0.310 e. The molecule has 3 atom stereocenters. The van der Waals surface area contributed by atoms with Crippen molar-refractivity contribution in [3.63, 3.8) is 0 Å². The summed E-state index contributed by atoms with van der Waals surface area (Å²) in [5, 5.41) is 8.99. The van der Waals surface area contributed by atoms with Crippen LogP contribution in [0.1, 0.15) is 53.4 Å². The van der Waals surface area contributed by atoms with Gasteiger partial charge in [0.1, 0.15) is 0 Å². The van der Waals surface area contributed by atoms with Crippen molar-refractivity contribution in [1.82, 2.24) is 0 Å². The Hall–Kier alpha value is -1.06. The van der Waals surface area contributed by atoms with Crippen LogP contribution in [-0.4, -0.2) is 24.2 Å². The van der Waals surface area contributed by atoms with Crippen LogP contribution < -0.4 is 0 Å². The molecule has 0 saturated heterocycles. The number of carbonyl (C=O) groups excluding carboxylic acids is 1. The van der Waals surface area contributed by atoms with Gasteiger partial charge in [0.2, 0.25) is 0 Å². The maximum atomic E-state index is 10.9. The van der Waals surface area contributed by atoms with Crippen LogP contribution in [0.5, 0.6) is 0 Å². The van der Waals surface area contributed by atoms with Crippen molar-refractivity contribution in [3.8, 4) is 0 Å². The van der Waals surface area contributed by atoms with E-state index in [9.17, 15) is 9.59 Å². The molecule has 4 heteroatoms. The summed E-state index contributed by atoms with van der Waals surface area (Å²) in [4.78, 5) is 21.5. The van der Waals surface area contributed by atoms with Crippen LogP contribution in [0.25, 0.3) is 0 Å². The Morgan fingerprint density at radius 3 is 2.00 bits per heavy atom. The van der Waals surface area contributed by atoms with Gasteiger partial charge >= 0.3 is 11.9 Å². The standard InChI is InChI=1S/C9H14O2.C6H12O2/c1-9(8(10)11)5-6-2-3-7(9)4-6;1-6(2,3)5(7)8-4/h6-7H,2-5H2,1H3,(H,10,11);1-4H3. The first-order valence-electron chi connectivity index (χ1n) is 6.93. The molecule has 2 saturated carbocycles. The van der Waals surface area contributed by atoms with E-state index < -0.39 is 5.97 Å². The van der Waals surface area contributed by atoms with Gasteiger partial charge in [-0.3, -0.25) is 9.59 Å². The van der Waals surface area contributed by atoms with E-state index in [-0.39, 0.29) is 16.8 Å². The third-order valence-electron chi connectivity index (χ3n) is 4.44. The highest BCUT2D eigenvalue weighted by Gasteiger charge is 2.52. The highest BCUT2D eigenvalue weighted by molar-refractivity contribution is 5.75. The molecule has 0 radical (unpaired) electrons. The lowest BCUT2D eigenvalue weighted by atomic mass is 9.75. The molecule has 0 aromatic heterocycles. The summed E-state index contributed by atoms with van der Waals surface area (Å²) >= 11 is 0. The molecule has 19 heavy (non-hydrogen) atoms. The van der Waals surface area contributed by atoms with E-state index in [1.165, 1.54) is 20.0 Å². The molecule has 0 aromatic rings. The number of hydrogen-bond acceptors (Lipinski definition) is 3. The van der Waals surface area contributed by atoms with E-state index in [1.54, 1.807) is 0 Å². The molecule has 1 N–H and O–H groups in total. The van der Waals surface area contributed by atoms with Gasteiger partial charge in [-0.2, -0.15) is 0 Å². The summed E-state index contributed by atoms with van der Waals surface area (Å²) in [5.74, 6) is 0.452. The zero-order valence-corrected chi connectivity index (χ0v) is 12.7. The number of rotatable bonds is 1. The van der Waals surface area contributed by atoms with Gasteiger partial charge in [0.25, 0.3) is 0 Å². The molecule has 2 aliphatic rings. The minimum absolute atomic E-state index is 0.169. The van der Waals surface area contributed by atoms with Gasteiger partial charge in [-0.15, -0.1) is 0 Å². The maximum absolute atomic E-state index is 10.9. The first-order valence-corrected chi connectivity index (χ1v) is 6.93. The molecule has 0 aliphatic heterocycles. The van der Waals surface area contributed by atoms with Gasteiger partial charge in [-0.05, 0) is 58.8 Å². The molecule has 110 valence electrons. The van der Waals surface area contributed by atoms with E-state index >= 15 is 0 Å². The van der Waals surface area contributed by atoms with Crippen molar-refractivity contribution >= 4 is 11.9 Å². The normalized spacial score (nSPS) is 32.5. The average Bonchev–Trinajstić information content (AvgIpc) is 2.87. The van der Waals surface area contributed by atoms with Crippen molar-refractivity contribution < 1.29 is 19.4 Å². The topological polar surface area (TPSA) is 63.6 Å². The first kappa shape index (κ1) is 16.0. The van der Waals surface area contributed by atoms with Gasteiger partial charge < -0.3 is 9.84 Å². The number of methoxy groups -OCH3 is 1. The van der Waals surface area contributed by atoms with Crippen LogP contribution in [0.2, 0.25) is 0 Å². The molecule has 0 heterocycles. The van der Waals surface area contributed by atoms with E-state index in [2.05, 4.69) is 4.74 Å². The molecule has 2 rings (SSSR count). The molecule has 2 aliphatic carbocycles. The van der Waals surface area contributed by atoms with Crippen molar-refractivity contribution in [2.45, 2.75) is 53.4 Å². The molecular formula is C15H26O4. The van der Waals surface area contributed by atoms with E-state index in [0.29, 0.717) is 5.92 Å². The Balaban J connectivity index is 0.000000203.